The van der Waals surface area contributed by atoms with Gasteiger partial charge in [0.2, 0.25) is 0 Å². The van der Waals surface area contributed by atoms with Crippen LogP contribution in [-0.2, 0) is 5.92 Å². The SMILES string of the molecule is Cc1cc(C(C)(F)F)cc(C)c1-n1cnc(N)c(C(=O)Nc2cncc([C@H]3CCCCN3)c2)c1=O. The number of hydrogen-bond acceptors (Lipinski definition) is 6. The van der Waals surface area contributed by atoms with Crippen molar-refractivity contribution in [2.75, 3.05) is 17.6 Å². The van der Waals surface area contributed by atoms with E-state index in [-0.39, 0.29) is 23.0 Å². The van der Waals surface area contributed by atoms with E-state index in [0.717, 1.165) is 42.9 Å². The number of anilines is 2. The third-order valence-electron chi connectivity index (χ3n) is 6.20. The lowest BCUT2D eigenvalue weighted by atomic mass is 9.99. The number of aromatic nitrogens is 3. The Morgan fingerprint density at radius 1 is 1.20 bits per heavy atom. The summed E-state index contributed by atoms with van der Waals surface area (Å²) in [5, 5.41) is 6.13. The number of nitrogens with zero attached hydrogens (tertiary/aromatic N) is 3. The van der Waals surface area contributed by atoms with E-state index in [9.17, 15) is 18.4 Å². The number of pyridine rings is 1. The first kappa shape index (κ1) is 24.5. The average molecular weight is 483 g/mol. The smallest absolute Gasteiger partial charge is 0.272 e. The molecule has 2 aromatic heterocycles. The van der Waals surface area contributed by atoms with Crippen LogP contribution in [-0.4, -0.2) is 27.0 Å². The largest absolute Gasteiger partial charge is 0.383 e. The lowest BCUT2D eigenvalue weighted by Crippen LogP contribution is -2.31. The zero-order chi connectivity index (χ0) is 25.3. The normalized spacial score (nSPS) is 16.2. The molecule has 0 spiro atoms. The fourth-order valence-corrected chi connectivity index (χ4v) is 4.48. The summed E-state index contributed by atoms with van der Waals surface area (Å²) in [7, 11) is 0. The van der Waals surface area contributed by atoms with Crippen molar-refractivity contribution in [3.8, 4) is 5.69 Å². The van der Waals surface area contributed by atoms with Crippen molar-refractivity contribution in [1.82, 2.24) is 19.9 Å². The number of carbonyl (C=O) groups excluding carboxylic acids is 1. The summed E-state index contributed by atoms with van der Waals surface area (Å²) < 4.78 is 28.9. The highest BCUT2D eigenvalue weighted by Crippen LogP contribution is 2.31. The van der Waals surface area contributed by atoms with Gasteiger partial charge in [0.1, 0.15) is 17.7 Å². The first-order valence-electron chi connectivity index (χ1n) is 11.4. The number of nitrogens with one attached hydrogen (secondary N) is 2. The Morgan fingerprint density at radius 3 is 2.54 bits per heavy atom. The Balaban J connectivity index is 1.68. The molecule has 1 aliphatic rings. The Labute approximate surface area is 201 Å². The molecular weight excluding hydrogens is 454 g/mol. The molecule has 0 aliphatic carbocycles. The minimum absolute atomic E-state index is 0.151. The van der Waals surface area contributed by atoms with Gasteiger partial charge in [0.05, 0.1) is 17.6 Å². The van der Waals surface area contributed by atoms with Crippen molar-refractivity contribution in [3.05, 3.63) is 75.1 Å². The summed E-state index contributed by atoms with van der Waals surface area (Å²) >= 11 is 0. The van der Waals surface area contributed by atoms with Gasteiger partial charge in [0, 0.05) is 24.7 Å². The molecule has 0 radical (unpaired) electrons. The van der Waals surface area contributed by atoms with Gasteiger partial charge in [-0.15, -0.1) is 0 Å². The second-order valence-electron chi connectivity index (χ2n) is 8.99. The van der Waals surface area contributed by atoms with Crippen LogP contribution in [0.15, 0.2) is 41.7 Å². The van der Waals surface area contributed by atoms with Crippen molar-refractivity contribution < 1.29 is 13.6 Å². The predicted octanol–water partition coefficient (Wildman–Crippen LogP) is 4.01. The van der Waals surface area contributed by atoms with Gasteiger partial charge in [-0.05, 0) is 68.1 Å². The van der Waals surface area contributed by atoms with Crippen molar-refractivity contribution in [3.63, 3.8) is 0 Å². The van der Waals surface area contributed by atoms with Crippen LogP contribution in [0.3, 0.4) is 0 Å². The van der Waals surface area contributed by atoms with Crippen molar-refractivity contribution >= 4 is 17.4 Å². The number of benzene rings is 1. The molecule has 184 valence electrons. The molecule has 0 bridgehead atoms. The molecule has 8 nitrogen and oxygen atoms in total. The highest BCUT2D eigenvalue weighted by molar-refractivity contribution is 6.06. The Morgan fingerprint density at radius 2 is 1.91 bits per heavy atom. The molecule has 10 heteroatoms. The van der Waals surface area contributed by atoms with Gasteiger partial charge in [-0.1, -0.05) is 6.42 Å². The van der Waals surface area contributed by atoms with Crippen LogP contribution < -0.4 is 21.9 Å². The third kappa shape index (κ3) is 5.07. The molecule has 1 aliphatic heterocycles. The lowest BCUT2D eigenvalue weighted by molar-refractivity contribution is 0.0173. The molecule has 4 N–H and O–H groups in total. The number of halogens is 2. The van der Waals surface area contributed by atoms with Crippen LogP contribution in [0.25, 0.3) is 5.69 Å². The topological polar surface area (TPSA) is 115 Å². The molecule has 3 aromatic rings. The minimum Gasteiger partial charge on any atom is -0.383 e. The maximum absolute atomic E-state index is 13.8. The van der Waals surface area contributed by atoms with E-state index >= 15 is 0 Å². The number of carbonyl (C=O) groups is 1. The number of piperidine rings is 1. The molecule has 4 rings (SSSR count). The zero-order valence-electron chi connectivity index (χ0n) is 19.9. The number of amides is 1. The highest BCUT2D eigenvalue weighted by Gasteiger charge is 2.27. The van der Waals surface area contributed by atoms with Gasteiger partial charge in [0.25, 0.3) is 17.4 Å². The summed E-state index contributed by atoms with van der Waals surface area (Å²) in [5.41, 5.74) is 7.35. The fraction of sp³-hybridized carbons (Fsp3) is 0.360. The van der Waals surface area contributed by atoms with Crippen molar-refractivity contribution in [1.29, 1.82) is 0 Å². The van der Waals surface area contributed by atoms with Crippen molar-refractivity contribution in [2.24, 2.45) is 0 Å². The summed E-state index contributed by atoms with van der Waals surface area (Å²) in [6.45, 7) is 4.98. The second-order valence-corrected chi connectivity index (χ2v) is 8.99. The number of rotatable bonds is 5. The molecule has 0 unspecified atom stereocenters. The quantitative estimate of drug-likeness (QED) is 0.506. The molecule has 1 amide bonds. The number of nitrogen functional groups attached to an aromatic ring is 1. The Hall–Kier alpha value is -3.66. The standard InChI is InChI=1S/C25H28F2N6O2/c1-14-8-17(25(3,26)27)9-15(2)21(14)33-13-31-22(28)20(24(33)35)23(34)32-18-10-16(11-29-12-18)19-6-4-5-7-30-19/h8-13,19,30H,4-7,28H2,1-3H3,(H,32,34)/t19-/m1/s1. The number of hydrogen-bond donors (Lipinski definition) is 3. The third-order valence-corrected chi connectivity index (χ3v) is 6.20. The monoisotopic (exact) mass is 482 g/mol. The number of alkyl halides is 2. The van der Waals surface area contributed by atoms with E-state index in [1.54, 1.807) is 20.0 Å². The fourth-order valence-electron chi connectivity index (χ4n) is 4.48. The van der Waals surface area contributed by atoms with E-state index in [1.807, 2.05) is 6.07 Å². The van der Waals surface area contributed by atoms with Gasteiger partial charge < -0.3 is 16.4 Å². The predicted molar refractivity (Wildman–Crippen MR) is 130 cm³/mol. The van der Waals surface area contributed by atoms with Gasteiger partial charge in [-0.2, -0.15) is 0 Å². The Kier molecular flexibility index (Phi) is 6.66. The van der Waals surface area contributed by atoms with Crippen molar-refractivity contribution in [2.45, 2.75) is 52.0 Å². The summed E-state index contributed by atoms with van der Waals surface area (Å²) in [6.07, 6.45) is 7.64. The Bertz CT molecular complexity index is 1300. The maximum atomic E-state index is 13.8. The van der Waals surface area contributed by atoms with Crippen LogP contribution >= 0.6 is 0 Å². The highest BCUT2D eigenvalue weighted by atomic mass is 19.3. The lowest BCUT2D eigenvalue weighted by Gasteiger charge is -2.23. The van der Waals surface area contributed by atoms with Crippen LogP contribution in [0.4, 0.5) is 20.3 Å². The van der Waals surface area contributed by atoms with Crippen LogP contribution in [0.2, 0.25) is 0 Å². The summed E-state index contributed by atoms with van der Waals surface area (Å²) in [5.74, 6) is -3.98. The first-order chi connectivity index (χ1) is 16.6. The average Bonchev–Trinajstić information content (AvgIpc) is 2.80. The summed E-state index contributed by atoms with van der Waals surface area (Å²) in [6, 6.07) is 4.61. The number of nitrogens with two attached hydrogens (primary N) is 1. The molecule has 3 heterocycles. The second kappa shape index (κ2) is 9.53. The van der Waals surface area contributed by atoms with Gasteiger partial charge in [-0.3, -0.25) is 19.1 Å². The van der Waals surface area contributed by atoms with Gasteiger partial charge in [-0.25, -0.2) is 13.8 Å². The van der Waals surface area contributed by atoms with E-state index < -0.39 is 17.4 Å². The van der Waals surface area contributed by atoms with Gasteiger partial charge >= 0.3 is 0 Å². The van der Waals surface area contributed by atoms with E-state index in [2.05, 4.69) is 20.6 Å². The molecule has 1 atom stereocenters. The minimum atomic E-state index is -3.03. The summed E-state index contributed by atoms with van der Waals surface area (Å²) in [4.78, 5) is 34.7. The first-order valence-corrected chi connectivity index (χ1v) is 11.4. The maximum Gasteiger partial charge on any atom is 0.272 e. The van der Waals surface area contributed by atoms with E-state index in [0.29, 0.717) is 22.5 Å². The van der Waals surface area contributed by atoms with Gasteiger partial charge in [0.15, 0.2) is 0 Å². The van der Waals surface area contributed by atoms with Crippen LogP contribution in [0, 0.1) is 13.8 Å². The molecule has 1 aromatic carbocycles. The number of aryl methyl sites for hydroxylation is 2. The van der Waals surface area contributed by atoms with Crippen LogP contribution in [0.5, 0.6) is 0 Å². The van der Waals surface area contributed by atoms with E-state index in [4.69, 9.17) is 5.73 Å². The molecule has 35 heavy (non-hydrogen) atoms. The molecular formula is C25H28F2N6O2. The molecule has 1 fully saturated rings. The van der Waals surface area contributed by atoms with Crippen LogP contribution in [0.1, 0.15) is 64.8 Å². The zero-order valence-corrected chi connectivity index (χ0v) is 19.9. The molecule has 1 saturated heterocycles. The van der Waals surface area contributed by atoms with E-state index in [1.165, 1.54) is 24.7 Å². The molecule has 0 saturated carbocycles.